The predicted molar refractivity (Wildman–Crippen MR) is 89.2 cm³/mol. The standard InChI is InChI=1S/C15H30ClN5/c1-5-7-12(8-6-2)14(19-17)15-13(16)11-18-21(15)10-9-20(3)4/h11-12,14,19H,5-10,17H2,1-4H3. The molecule has 0 fully saturated rings. The van der Waals surface area contributed by atoms with Gasteiger partial charge in [-0.05, 0) is 32.9 Å². The summed E-state index contributed by atoms with van der Waals surface area (Å²) in [6.07, 6.45) is 6.29. The summed E-state index contributed by atoms with van der Waals surface area (Å²) >= 11 is 6.39. The number of halogens is 1. The Labute approximate surface area is 133 Å². The lowest BCUT2D eigenvalue weighted by Gasteiger charge is -2.27. The van der Waals surface area contributed by atoms with Gasteiger partial charge in [0.2, 0.25) is 0 Å². The first-order valence-corrected chi connectivity index (χ1v) is 8.24. The molecule has 0 saturated carbocycles. The average molecular weight is 316 g/mol. The summed E-state index contributed by atoms with van der Waals surface area (Å²) < 4.78 is 1.99. The van der Waals surface area contributed by atoms with Crippen LogP contribution in [-0.4, -0.2) is 35.3 Å². The minimum absolute atomic E-state index is 0.0575. The van der Waals surface area contributed by atoms with E-state index in [1.807, 2.05) is 4.68 Å². The predicted octanol–water partition coefficient (Wildman–Crippen LogP) is 2.82. The molecule has 0 aliphatic carbocycles. The molecule has 1 unspecified atom stereocenters. The van der Waals surface area contributed by atoms with E-state index in [-0.39, 0.29) is 6.04 Å². The van der Waals surface area contributed by atoms with E-state index in [9.17, 15) is 0 Å². The van der Waals surface area contributed by atoms with Crippen molar-refractivity contribution in [3.8, 4) is 0 Å². The monoisotopic (exact) mass is 315 g/mol. The molecule has 6 heteroatoms. The van der Waals surface area contributed by atoms with Crippen molar-refractivity contribution in [2.24, 2.45) is 11.8 Å². The molecule has 1 aromatic heterocycles. The van der Waals surface area contributed by atoms with Crippen LogP contribution >= 0.6 is 11.6 Å². The third kappa shape index (κ3) is 5.25. The van der Waals surface area contributed by atoms with Crippen LogP contribution in [0.3, 0.4) is 0 Å². The molecule has 0 radical (unpaired) electrons. The summed E-state index contributed by atoms with van der Waals surface area (Å²) in [6.45, 7) is 6.16. The fourth-order valence-corrected chi connectivity index (χ4v) is 3.07. The van der Waals surface area contributed by atoms with Gasteiger partial charge in [0.1, 0.15) is 0 Å². The van der Waals surface area contributed by atoms with Crippen molar-refractivity contribution in [3.63, 3.8) is 0 Å². The van der Waals surface area contributed by atoms with Gasteiger partial charge >= 0.3 is 0 Å². The van der Waals surface area contributed by atoms with E-state index in [2.05, 4.69) is 43.4 Å². The van der Waals surface area contributed by atoms with Crippen molar-refractivity contribution >= 4 is 11.6 Å². The summed E-state index contributed by atoms with van der Waals surface area (Å²) in [5.74, 6) is 6.34. The van der Waals surface area contributed by atoms with E-state index >= 15 is 0 Å². The highest BCUT2D eigenvalue weighted by atomic mass is 35.5. The second-order valence-electron chi connectivity index (χ2n) is 5.89. The number of nitrogens with two attached hydrogens (primary N) is 1. The number of hydrogen-bond donors (Lipinski definition) is 2. The first-order chi connectivity index (χ1) is 10.0. The van der Waals surface area contributed by atoms with Crippen LogP contribution in [0.25, 0.3) is 0 Å². The van der Waals surface area contributed by atoms with E-state index in [1.54, 1.807) is 6.20 Å². The summed E-state index contributed by atoms with van der Waals surface area (Å²) in [5.41, 5.74) is 4.01. The number of nitrogens with zero attached hydrogens (tertiary/aromatic N) is 3. The maximum Gasteiger partial charge on any atom is 0.0834 e. The fourth-order valence-electron chi connectivity index (χ4n) is 2.81. The second-order valence-corrected chi connectivity index (χ2v) is 6.29. The van der Waals surface area contributed by atoms with Crippen molar-refractivity contribution in [2.75, 3.05) is 20.6 Å². The molecule has 1 rings (SSSR count). The first-order valence-electron chi connectivity index (χ1n) is 7.87. The molecule has 122 valence electrons. The zero-order chi connectivity index (χ0) is 15.8. The highest BCUT2D eigenvalue weighted by Crippen LogP contribution is 2.33. The van der Waals surface area contributed by atoms with Crippen LogP contribution in [0.2, 0.25) is 5.02 Å². The Hall–Kier alpha value is -0.620. The summed E-state index contributed by atoms with van der Waals surface area (Å²) in [5, 5.41) is 5.12. The minimum atomic E-state index is 0.0575. The number of nitrogens with one attached hydrogen (secondary N) is 1. The van der Waals surface area contributed by atoms with Gasteiger partial charge in [0, 0.05) is 6.54 Å². The zero-order valence-corrected chi connectivity index (χ0v) is 14.5. The van der Waals surface area contributed by atoms with Gasteiger partial charge in [-0.25, -0.2) is 0 Å². The first kappa shape index (κ1) is 18.4. The van der Waals surface area contributed by atoms with Crippen molar-refractivity contribution in [3.05, 3.63) is 16.9 Å². The lowest BCUT2D eigenvalue weighted by molar-refractivity contribution is 0.295. The SMILES string of the molecule is CCCC(CCC)C(NN)c1c(Cl)cnn1CCN(C)C. The molecule has 1 atom stereocenters. The van der Waals surface area contributed by atoms with E-state index in [1.165, 1.54) is 0 Å². The van der Waals surface area contributed by atoms with Gasteiger partial charge in [0.15, 0.2) is 0 Å². The molecule has 0 saturated heterocycles. The topological polar surface area (TPSA) is 59.1 Å². The fraction of sp³-hybridized carbons (Fsp3) is 0.800. The Kier molecular flexibility index (Phi) is 8.26. The highest BCUT2D eigenvalue weighted by molar-refractivity contribution is 6.31. The second kappa shape index (κ2) is 9.41. The Balaban J connectivity index is 2.99. The van der Waals surface area contributed by atoms with Crippen LogP contribution in [0.5, 0.6) is 0 Å². The van der Waals surface area contributed by atoms with E-state index in [0.717, 1.165) is 44.5 Å². The molecule has 0 aliphatic heterocycles. The Morgan fingerprint density at radius 3 is 2.43 bits per heavy atom. The lowest BCUT2D eigenvalue weighted by atomic mass is 9.89. The highest BCUT2D eigenvalue weighted by Gasteiger charge is 2.26. The number of hydrogen-bond acceptors (Lipinski definition) is 4. The van der Waals surface area contributed by atoms with Gasteiger partial charge in [0.05, 0.1) is 29.5 Å². The van der Waals surface area contributed by atoms with Gasteiger partial charge in [-0.3, -0.25) is 16.0 Å². The van der Waals surface area contributed by atoms with Crippen molar-refractivity contribution in [1.29, 1.82) is 0 Å². The van der Waals surface area contributed by atoms with Crippen molar-refractivity contribution in [2.45, 2.75) is 52.1 Å². The van der Waals surface area contributed by atoms with Crippen LogP contribution in [0, 0.1) is 5.92 Å². The number of aromatic nitrogens is 2. The van der Waals surface area contributed by atoms with Crippen LogP contribution in [-0.2, 0) is 6.54 Å². The molecule has 0 spiro atoms. The van der Waals surface area contributed by atoms with E-state index in [0.29, 0.717) is 10.9 Å². The maximum absolute atomic E-state index is 6.39. The summed E-state index contributed by atoms with van der Waals surface area (Å²) in [4.78, 5) is 2.14. The van der Waals surface area contributed by atoms with E-state index < -0.39 is 0 Å². The quantitative estimate of drug-likeness (QED) is 0.515. The molecule has 1 heterocycles. The maximum atomic E-state index is 6.39. The molecule has 0 bridgehead atoms. The molecule has 0 aromatic carbocycles. The van der Waals surface area contributed by atoms with E-state index in [4.69, 9.17) is 17.4 Å². The van der Waals surface area contributed by atoms with Crippen LogP contribution in [0.15, 0.2) is 6.20 Å². The third-order valence-corrected chi connectivity index (χ3v) is 4.15. The molecular weight excluding hydrogens is 286 g/mol. The number of hydrazine groups is 1. The van der Waals surface area contributed by atoms with Gasteiger partial charge in [-0.15, -0.1) is 0 Å². The molecule has 0 amide bonds. The average Bonchev–Trinajstić information content (AvgIpc) is 2.80. The molecular formula is C15H30ClN5. The molecule has 0 aliphatic rings. The summed E-state index contributed by atoms with van der Waals surface area (Å²) in [6, 6.07) is 0.0575. The third-order valence-electron chi connectivity index (χ3n) is 3.86. The Bertz CT molecular complexity index is 399. The lowest BCUT2D eigenvalue weighted by Crippen LogP contribution is -2.36. The molecule has 21 heavy (non-hydrogen) atoms. The molecule has 1 aromatic rings. The largest absolute Gasteiger partial charge is 0.308 e. The minimum Gasteiger partial charge on any atom is -0.308 e. The van der Waals surface area contributed by atoms with Gasteiger partial charge < -0.3 is 4.90 Å². The Morgan fingerprint density at radius 2 is 1.95 bits per heavy atom. The Morgan fingerprint density at radius 1 is 1.33 bits per heavy atom. The van der Waals surface area contributed by atoms with Gasteiger partial charge in [-0.2, -0.15) is 5.10 Å². The summed E-state index contributed by atoms with van der Waals surface area (Å²) in [7, 11) is 4.11. The number of rotatable bonds is 10. The zero-order valence-electron chi connectivity index (χ0n) is 13.8. The van der Waals surface area contributed by atoms with Crippen molar-refractivity contribution < 1.29 is 0 Å². The smallest absolute Gasteiger partial charge is 0.0834 e. The number of likely N-dealkylation sites (N-methyl/N-ethyl adjacent to an activating group) is 1. The van der Waals surface area contributed by atoms with Crippen LogP contribution in [0.4, 0.5) is 0 Å². The normalized spacial score (nSPS) is 13.3. The van der Waals surface area contributed by atoms with Crippen molar-refractivity contribution in [1.82, 2.24) is 20.1 Å². The van der Waals surface area contributed by atoms with Crippen LogP contribution < -0.4 is 11.3 Å². The van der Waals surface area contributed by atoms with Crippen LogP contribution in [0.1, 0.15) is 51.3 Å². The van der Waals surface area contributed by atoms with Gasteiger partial charge in [0.25, 0.3) is 0 Å². The molecule has 5 nitrogen and oxygen atoms in total. The van der Waals surface area contributed by atoms with Gasteiger partial charge in [-0.1, -0.05) is 38.3 Å². The molecule has 3 N–H and O–H groups in total.